The van der Waals surface area contributed by atoms with Crippen molar-refractivity contribution in [2.24, 2.45) is 0 Å². The summed E-state index contributed by atoms with van der Waals surface area (Å²) < 4.78 is 0. The number of carbonyl (C=O) groups excluding carboxylic acids is 1. The van der Waals surface area contributed by atoms with E-state index in [-0.39, 0.29) is 18.2 Å². The molecule has 4 heteroatoms. The van der Waals surface area contributed by atoms with Crippen LogP contribution in [0.4, 0.5) is 4.79 Å². The Hall–Kier alpha value is -0.770. The van der Waals surface area contributed by atoms with Crippen LogP contribution in [-0.4, -0.2) is 41.3 Å². The molecule has 0 spiro atoms. The lowest BCUT2D eigenvalue weighted by Gasteiger charge is -2.23. The van der Waals surface area contributed by atoms with Crippen LogP contribution in [0.25, 0.3) is 0 Å². The summed E-state index contributed by atoms with van der Waals surface area (Å²) in [7, 11) is 0. The van der Waals surface area contributed by atoms with Crippen LogP contribution in [0.5, 0.6) is 0 Å². The Balaban J connectivity index is 2.40. The smallest absolute Gasteiger partial charge is 0.317 e. The molecule has 13 heavy (non-hydrogen) atoms. The van der Waals surface area contributed by atoms with Gasteiger partial charge in [-0.1, -0.05) is 0 Å². The molecule has 1 aliphatic carbocycles. The van der Waals surface area contributed by atoms with Gasteiger partial charge in [-0.25, -0.2) is 4.79 Å². The molecule has 0 bridgehead atoms. The van der Waals surface area contributed by atoms with E-state index in [9.17, 15) is 4.79 Å². The van der Waals surface area contributed by atoms with Crippen molar-refractivity contribution in [2.45, 2.75) is 32.2 Å². The quantitative estimate of drug-likeness (QED) is 0.674. The predicted octanol–water partition coefficient (Wildman–Crippen LogP) is 0.563. The monoisotopic (exact) mass is 186 g/mol. The zero-order chi connectivity index (χ0) is 9.90. The Morgan fingerprint density at radius 3 is 2.31 bits per heavy atom. The number of aliphatic hydroxyl groups is 1. The van der Waals surface area contributed by atoms with Crippen molar-refractivity contribution in [1.82, 2.24) is 10.2 Å². The SMILES string of the molecule is CCN(CC)C(=O)NC1(CO)CC1. The maximum absolute atomic E-state index is 11.5. The van der Waals surface area contributed by atoms with E-state index in [0.29, 0.717) is 13.1 Å². The second kappa shape index (κ2) is 3.96. The maximum atomic E-state index is 11.5. The zero-order valence-electron chi connectivity index (χ0n) is 8.34. The molecule has 0 aromatic heterocycles. The first-order valence-corrected chi connectivity index (χ1v) is 4.85. The van der Waals surface area contributed by atoms with Crippen LogP contribution in [0.3, 0.4) is 0 Å². The molecule has 4 nitrogen and oxygen atoms in total. The van der Waals surface area contributed by atoms with Crippen LogP contribution >= 0.6 is 0 Å². The molecular formula is C9H18N2O2. The molecule has 76 valence electrons. The number of hydrogen-bond donors (Lipinski definition) is 2. The zero-order valence-corrected chi connectivity index (χ0v) is 8.34. The Kier molecular flexibility index (Phi) is 3.14. The van der Waals surface area contributed by atoms with E-state index >= 15 is 0 Å². The van der Waals surface area contributed by atoms with Crippen molar-refractivity contribution in [3.05, 3.63) is 0 Å². The molecule has 2 amide bonds. The molecule has 0 aliphatic heterocycles. The lowest BCUT2D eigenvalue weighted by molar-refractivity contribution is 0.181. The second-order valence-electron chi connectivity index (χ2n) is 3.54. The van der Waals surface area contributed by atoms with E-state index in [4.69, 9.17) is 5.11 Å². The van der Waals surface area contributed by atoms with E-state index in [1.807, 2.05) is 13.8 Å². The number of urea groups is 1. The van der Waals surface area contributed by atoms with Crippen molar-refractivity contribution in [1.29, 1.82) is 0 Å². The van der Waals surface area contributed by atoms with Gasteiger partial charge in [0.15, 0.2) is 0 Å². The van der Waals surface area contributed by atoms with Gasteiger partial charge in [-0.15, -0.1) is 0 Å². The van der Waals surface area contributed by atoms with Gasteiger partial charge in [0.05, 0.1) is 12.1 Å². The summed E-state index contributed by atoms with van der Waals surface area (Å²) in [6.07, 6.45) is 1.80. The summed E-state index contributed by atoms with van der Waals surface area (Å²) in [5.74, 6) is 0. The van der Waals surface area contributed by atoms with Crippen molar-refractivity contribution in [3.8, 4) is 0 Å². The normalized spacial score (nSPS) is 18.1. The highest BCUT2D eigenvalue weighted by Gasteiger charge is 2.43. The van der Waals surface area contributed by atoms with Gasteiger partial charge in [0, 0.05) is 13.1 Å². The molecule has 1 saturated carbocycles. The van der Waals surface area contributed by atoms with Crippen LogP contribution in [-0.2, 0) is 0 Å². The molecule has 2 N–H and O–H groups in total. The Morgan fingerprint density at radius 1 is 1.46 bits per heavy atom. The molecule has 1 aliphatic rings. The largest absolute Gasteiger partial charge is 0.394 e. The van der Waals surface area contributed by atoms with Gasteiger partial charge in [-0.2, -0.15) is 0 Å². The third-order valence-corrected chi connectivity index (χ3v) is 2.58. The number of carbonyl (C=O) groups is 1. The van der Waals surface area contributed by atoms with E-state index in [2.05, 4.69) is 5.32 Å². The third-order valence-electron chi connectivity index (χ3n) is 2.58. The summed E-state index contributed by atoms with van der Waals surface area (Å²) in [6, 6.07) is -0.0587. The average molecular weight is 186 g/mol. The van der Waals surface area contributed by atoms with Crippen LogP contribution in [0.15, 0.2) is 0 Å². The number of nitrogens with one attached hydrogen (secondary N) is 1. The molecule has 0 saturated heterocycles. The number of aliphatic hydroxyl groups excluding tert-OH is 1. The highest BCUT2D eigenvalue weighted by atomic mass is 16.3. The molecular weight excluding hydrogens is 168 g/mol. The van der Waals surface area contributed by atoms with Crippen LogP contribution < -0.4 is 5.32 Å². The van der Waals surface area contributed by atoms with E-state index in [1.54, 1.807) is 4.90 Å². The summed E-state index contributed by atoms with van der Waals surface area (Å²) in [6.45, 7) is 5.37. The molecule has 0 atom stereocenters. The summed E-state index contributed by atoms with van der Waals surface area (Å²) in [4.78, 5) is 13.2. The Bertz CT molecular complexity index is 186. The average Bonchev–Trinajstić information content (AvgIpc) is 2.88. The Morgan fingerprint density at radius 2 is 2.00 bits per heavy atom. The number of nitrogens with zero attached hydrogens (tertiary/aromatic N) is 1. The van der Waals surface area contributed by atoms with Gasteiger partial charge in [0.25, 0.3) is 0 Å². The molecule has 0 aromatic carbocycles. The maximum Gasteiger partial charge on any atom is 0.317 e. The highest BCUT2D eigenvalue weighted by Crippen LogP contribution is 2.34. The number of amides is 2. The molecule has 1 fully saturated rings. The predicted molar refractivity (Wildman–Crippen MR) is 50.5 cm³/mol. The molecule has 0 unspecified atom stereocenters. The lowest BCUT2D eigenvalue weighted by Crippen LogP contribution is -2.47. The minimum absolute atomic E-state index is 0.0556. The first-order chi connectivity index (χ1) is 6.17. The molecule has 0 heterocycles. The molecule has 0 radical (unpaired) electrons. The summed E-state index contributed by atoms with van der Waals surface area (Å²) in [5.41, 5.74) is -0.292. The van der Waals surface area contributed by atoms with Gasteiger partial charge in [-0.3, -0.25) is 0 Å². The van der Waals surface area contributed by atoms with Crippen LogP contribution in [0.2, 0.25) is 0 Å². The van der Waals surface area contributed by atoms with Crippen molar-refractivity contribution < 1.29 is 9.90 Å². The third kappa shape index (κ3) is 2.34. The first kappa shape index (κ1) is 10.3. The minimum Gasteiger partial charge on any atom is -0.394 e. The van der Waals surface area contributed by atoms with E-state index < -0.39 is 0 Å². The van der Waals surface area contributed by atoms with Gasteiger partial charge in [0.1, 0.15) is 0 Å². The van der Waals surface area contributed by atoms with Gasteiger partial charge < -0.3 is 15.3 Å². The van der Waals surface area contributed by atoms with Gasteiger partial charge in [-0.05, 0) is 26.7 Å². The highest BCUT2D eigenvalue weighted by molar-refractivity contribution is 5.75. The molecule has 1 rings (SSSR count). The molecule has 0 aromatic rings. The fraction of sp³-hybridized carbons (Fsp3) is 0.889. The minimum atomic E-state index is -0.292. The van der Waals surface area contributed by atoms with E-state index in [1.165, 1.54) is 0 Å². The van der Waals surface area contributed by atoms with Gasteiger partial charge >= 0.3 is 6.03 Å². The van der Waals surface area contributed by atoms with Crippen molar-refractivity contribution in [2.75, 3.05) is 19.7 Å². The number of hydrogen-bond acceptors (Lipinski definition) is 2. The fourth-order valence-corrected chi connectivity index (χ4v) is 1.29. The van der Waals surface area contributed by atoms with Crippen LogP contribution in [0, 0.1) is 0 Å². The summed E-state index contributed by atoms with van der Waals surface area (Å²) >= 11 is 0. The second-order valence-corrected chi connectivity index (χ2v) is 3.54. The standard InChI is InChI=1S/C9H18N2O2/c1-3-11(4-2)8(13)10-9(7-12)5-6-9/h12H,3-7H2,1-2H3,(H,10,13). The van der Waals surface area contributed by atoms with Crippen molar-refractivity contribution in [3.63, 3.8) is 0 Å². The van der Waals surface area contributed by atoms with E-state index in [0.717, 1.165) is 12.8 Å². The number of rotatable bonds is 4. The Labute approximate surface area is 78.9 Å². The fourth-order valence-electron chi connectivity index (χ4n) is 1.29. The van der Waals surface area contributed by atoms with Crippen LogP contribution in [0.1, 0.15) is 26.7 Å². The summed E-state index contributed by atoms with van der Waals surface area (Å²) in [5, 5.41) is 11.9. The van der Waals surface area contributed by atoms with Gasteiger partial charge in [0.2, 0.25) is 0 Å². The first-order valence-electron chi connectivity index (χ1n) is 4.85. The van der Waals surface area contributed by atoms with Crippen molar-refractivity contribution >= 4 is 6.03 Å². The lowest BCUT2D eigenvalue weighted by atomic mass is 10.3. The topological polar surface area (TPSA) is 52.6 Å².